The number of anilines is 1. The average molecular weight is 360 g/mol. The Hall–Kier alpha value is -1.78. The summed E-state index contributed by atoms with van der Waals surface area (Å²) in [5.41, 5.74) is 0.236. The van der Waals surface area contributed by atoms with Crippen molar-refractivity contribution < 1.29 is 27.9 Å². The second kappa shape index (κ2) is 7.20. The zero-order valence-electron chi connectivity index (χ0n) is 12.2. The molecule has 1 amide bonds. The number of nitrogens with one attached hydrogen (secondary N) is 2. The van der Waals surface area contributed by atoms with E-state index in [4.69, 9.17) is 9.84 Å². The summed E-state index contributed by atoms with van der Waals surface area (Å²) in [5.74, 6) is -0.755. The van der Waals surface area contributed by atoms with Crippen LogP contribution in [0.1, 0.15) is 6.42 Å². The normalized spacial score (nSPS) is 15.3. The molecule has 0 aromatic heterocycles. The summed E-state index contributed by atoms with van der Waals surface area (Å²) in [6.45, 7) is -0.132. The summed E-state index contributed by atoms with van der Waals surface area (Å²) in [5, 5.41) is 11.6. The fourth-order valence-electron chi connectivity index (χ4n) is 1.95. The fraction of sp³-hybridized carbons (Fsp3) is 0.385. The molecule has 0 bridgehead atoms. The van der Waals surface area contributed by atoms with Crippen LogP contribution in [0.3, 0.4) is 0 Å². The number of rotatable bonds is 7. The molecule has 0 saturated carbocycles. The van der Waals surface area contributed by atoms with Crippen molar-refractivity contribution in [2.45, 2.75) is 17.4 Å². The van der Waals surface area contributed by atoms with Crippen LogP contribution in [-0.4, -0.2) is 50.1 Å². The Kier molecular flexibility index (Phi) is 5.50. The van der Waals surface area contributed by atoms with E-state index in [1.54, 1.807) is 6.26 Å². The second-order valence-corrected chi connectivity index (χ2v) is 7.49. The molecule has 0 saturated heterocycles. The molecule has 1 aliphatic rings. The molecule has 126 valence electrons. The zero-order valence-corrected chi connectivity index (χ0v) is 13.9. The topological polar surface area (TPSA) is 122 Å². The van der Waals surface area contributed by atoms with Gasteiger partial charge in [0, 0.05) is 0 Å². The van der Waals surface area contributed by atoms with E-state index in [1.165, 1.54) is 30.0 Å². The largest absolute Gasteiger partial charge is 0.482 e. The van der Waals surface area contributed by atoms with Gasteiger partial charge in [0.25, 0.3) is 5.91 Å². The SMILES string of the molecule is CSCCC(NS(=O)(=O)c1ccc2c(c1)NC(=O)CO2)C(=O)O. The Morgan fingerprint density at radius 2 is 2.26 bits per heavy atom. The highest BCUT2D eigenvalue weighted by atomic mass is 32.2. The maximum Gasteiger partial charge on any atom is 0.321 e. The number of carbonyl (C=O) groups is 2. The standard InChI is InChI=1S/C13H16N2O6S2/c1-22-5-4-9(13(17)18)15-23(19,20)8-2-3-11-10(6-8)14-12(16)7-21-11/h2-3,6,9,15H,4-5,7H2,1H3,(H,14,16)(H,17,18). The maximum atomic E-state index is 12.3. The van der Waals surface area contributed by atoms with Crippen LogP contribution < -0.4 is 14.8 Å². The first-order valence-electron chi connectivity index (χ1n) is 6.64. The van der Waals surface area contributed by atoms with Crippen LogP contribution in [0.25, 0.3) is 0 Å². The monoisotopic (exact) mass is 360 g/mol. The predicted octanol–water partition coefficient (Wildman–Crippen LogP) is 0.502. The first-order valence-corrected chi connectivity index (χ1v) is 9.52. The van der Waals surface area contributed by atoms with Crippen LogP contribution in [0, 0.1) is 0 Å². The number of sulfonamides is 1. The van der Waals surface area contributed by atoms with Crippen molar-refractivity contribution in [1.29, 1.82) is 0 Å². The Morgan fingerprint density at radius 1 is 1.52 bits per heavy atom. The van der Waals surface area contributed by atoms with Crippen molar-refractivity contribution in [1.82, 2.24) is 4.72 Å². The second-order valence-electron chi connectivity index (χ2n) is 4.79. The van der Waals surface area contributed by atoms with Crippen molar-refractivity contribution in [3.05, 3.63) is 18.2 Å². The number of carboxylic acid groups (broad SMARTS) is 1. The van der Waals surface area contributed by atoms with Crippen LogP contribution in [-0.2, 0) is 19.6 Å². The number of hydrogen-bond donors (Lipinski definition) is 3. The Morgan fingerprint density at radius 3 is 2.91 bits per heavy atom. The molecule has 0 aliphatic carbocycles. The van der Waals surface area contributed by atoms with E-state index < -0.39 is 22.0 Å². The van der Waals surface area contributed by atoms with Crippen molar-refractivity contribution >= 4 is 39.3 Å². The average Bonchev–Trinajstić information content (AvgIpc) is 2.50. The molecule has 1 aromatic carbocycles. The van der Waals surface area contributed by atoms with Gasteiger partial charge in [-0.15, -0.1) is 0 Å². The number of fused-ring (bicyclic) bond motifs is 1. The molecule has 1 unspecified atom stereocenters. The van der Waals surface area contributed by atoms with Gasteiger partial charge in [0.1, 0.15) is 11.8 Å². The third-order valence-electron chi connectivity index (χ3n) is 3.10. The van der Waals surface area contributed by atoms with E-state index in [9.17, 15) is 18.0 Å². The molecule has 1 aliphatic heterocycles. The lowest BCUT2D eigenvalue weighted by molar-refractivity contribution is -0.139. The molecule has 1 atom stereocenters. The molecule has 1 heterocycles. The summed E-state index contributed by atoms with van der Waals surface area (Å²) >= 11 is 1.43. The molecule has 10 heteroatoms. The van der Waals surface area contributed by atoms with Crippen LogP contribution in [0.2, 0.25) is 0 Å². The van der Waals surface area contributed by atoms with Gasteiger partial charge in [-0.25, -0.2) is 8.42 Å². The van der Waals surface area contributed by atoms with Gasteiger partial charge in [-0.05, 0) is 36.6 Å². The maximum absolute atomic E-state index is 12.3. The van der Waals surface area contributed by atoms with E-state index in [1.807, 2.05) is 0 Å². The van der Waals surface area contributed by atoms with Crippen molar-refractivity contribution in [3.8, 4) is 5.75 Å². The lowest BCUT2D eigenvalue weighted by atomic mass is 10.2. The number of benzene rings is 1. The number of hydrogen-bond acceptors (Lipinski definition) is 6. The van der Waals surface area contributed by atoms with Gasteiger partial charge in [0.05, 0.1) is 10.6 Å². The van der Waals surface area contributed by atoms with Gasteiger partial charge in [-0.2, -0.15) is 16.5 Å². The number of aliphatic carboxylic acids is 1. The molecule has 3 N–H and O–H groups in total. The van der Waals surface area contributed by atoms with E-state index >= 15 is 0 Å². The number of amides is 1. The molecule has 2 rings (SSSR count). The highest BCUT2D eigenvalue weighted by molar-refractivity contribution is 7.98. The predicted molar refractivity (Wildman–Crippen MR) is 85.3 cm³/mol. The van der Waals surface area contributed by atoms with E-state index in [0.717, 1.165) is 0 Å². The van der Waals surface area contributed by atoms with Gasteiger partial charge in [-0.3, -0.25) is 9.59 Å². The minimum atomic E-state index is -4.03. The Bertz CT molecular complexity index is 719. The number of carboxylic acids is 1. The first-order chi connectivity index (χ1) is 10.8. The molecular formula is C13H16N2O6S2. The highest BCUT2D eigenvalue weighted by Crippen LogP contribution is 2.30. The minimum absolute atomic E-state index is 0.132. The molecule has 0 spiro atoms. The van der Waals surface area contributed by atoms with Gasteiger partial charge in [0.15, 0.2) is 6.61 Å². The summed E-state index contributed by atoms with van der Waals surface area (Å²) in [7, 11) is -4.03. The van der Waals surface area contributed by atoms with Gasteiger partial charge in [0.2, 0.25) is 10.0 Å². The van der Waals surface area contributed by atoms with E-state index in [0.29, 0.717) is 11.5 Å². The molecule has 23 heavy (non-hydrogen) atoms. The van der Waals surface area contributed by atoms with Crippen molar-refractivity contribution in [2.75, 3.05) is 23.9 Å². The smallest absolute Gasteiger partial charge is 0.321 e. The molecule has 1 aromatic rings. The van der Waals surface area contributed by atoms with Gasteiger partial charge >= 0.3 is 5.97 Å². The number of thioether (sulfide) groups is 1. The van der Waals surface area contributed by atoms with Crippen LogP contribution in [0.4, 0.5) is 5.69 Å². The van der Waals surface area contributed by atoms with Crippen LogP contribution in [0.5, 0.6) is 5.75 Å². The third-order valence-corrected chi connectivity index (χ3v) is 5.21. The summed E-state index contributed by atoms with van der Waals surface area (Å²) in [6, 6.07) is 2.74. The fourth-order valence-corrected chi connectivity index (χ4v) is 3.67. The van der Waals surface area contributed by atoms with E-state index in [-0.39, 0.29) is 29.5 Å². The summed E-state index contributed by atoms with van der Waals surface area (Å²) < 4.78 is 32.0. The number of carbonyl (C=O) groups excluding carboxylic acids is 1. The summed E-state index contributed by atoms with van der Waals surface area (Å²) in [4.78, 5) is 22.3. The van der Waals surface area contributed by atoms with Crippen LogP contribution in [0.15, 0.2) is 23.1 Å². The van der Waals surface area contributed by atoms with Crippen LogP contribution >= 0.6 is 11.8 Å². The Balaban J connectivity index is 2.23. The minimum Gasteiger partial charge on any atom is -0.482 e. The highest BCUT2D eigenvalue weighted by Gasteiger charge is 2.26. The lowest BCUT2D eigenvalue weighted by Crippen LogP contribution is -2.41. The van der Waals surface area contributed by atoms with Gasteiger partial charge < -0.3 is 15.2 Å². The molecule has 8 nitrogen and oxygen atoms in total. The van der Waals surface area contributed by atoms with E-state index in [2.05, 4.69) is 10.0 Å². The summed E-state index contributed by atoms with van der Waals surface area (Å²) in [6.07, 6.45) is 1.97. The van der Waals surface area contributed by atoms with Crippen molar-refractivity contribution in [3.63, 3.8) is 0 Å². The molecule has 0 radical (unpaired) electrons. The zero-order chi connectivity index (χ0) is 17.0. The number of ether oxygens (including phenoxy) is 1. The Labute approximate surface area is 137 Å². The van der Waals surface area contributed by atoms with Crippen molar-refractivity contribution in [2.24, 2.45) is 0 Å². The van der Waals surface area contributed by atoms with Gasteiger partial charge in [-0.1, -0.05) is 0 Å². The third kappa shape index (κ3) is 4.36. The quantitative estimate of drug-likeness (QED) is 0.647. The first kappa shape index (κ1) is 17.6. The lowest BCUT2D eigenvalue weighted by Gasteiger charge is -2.19. The molecular weight excluding hydrogens is 344 g/mol. The molecule has 0 fully saturated rings.